The molecule has 0 heterocycles. The van der Waals surface area contributed by atoms with Gasteiger partial charge in [-0.2, -0.15) is 0 Å². The SMILES string of the molecule is CCCCCC(=O)NCCN(CCO)CCC(=O)O. The summed E-state index contributed by atoms with van der Waals surface area (Å²) >= 11 is 0. The van der Waals surface area contributed by atoms with Crippen LogP contribution in [0.15, 0.2) is 0 Å². The van der Waals surface area contributed by atoms with Crippen LogP contribution in [-0.2, 0) is 9.59 Å². The molecule has 1 amide bonds. The van der Waals surface area contributed by atoms with E-state index in [1.807, 2.05) is 4.90 Å². The van der Waals surface area contributed by atoms with E-state index in [2.05, 4.69) is 12.2 Å². The number of aliphatic hydroxyl groups is 1. The Morgan fingerprint density at radius 1 is 1.11 bits per heavy atom. The fourth-order valence-electron chi connectivity index (χ4n) is 1.71. The molecule has 0 fully saturated rings. The predicted molar refractivity (Wildman–Crippen MR) is 72.9 cm³/mol. The van der Waals surface area contributed by atoms with Gasteiger partial charge in [-0.3, -0.25) is 14.5 Å². The summed E-state index contributed by atoms with van der Waals surface area (Å²) in [6.45, 7) is 3.95. The van der Waals surface area contributed by atoms with E-state index in [-0.39, 0.29) is 18.9 Å². The van der Waals surface area contributed by atoms with Gasteiger partial charge in [-0.1, -0.05) is 19.8 Å². The van der Waals surface area contributed by atoms with Crippen LogP contribution in [0.25, 0.3) is 0 Å². The molecule has 0 rings (SSSR count). The molecule has 0 bridgehead atoms. The predicted octanol–water partition coefficient (Wildman–Crippen LogP) is 0.452. The molecule has 0 aromatic heterocycles. The van der Waals surface area contributed by atoms with Crippen molar-refractivity contribution in [3.8, 4) is 0 Å². The Hall–Kier alpha value is -1.14. The molecule has 3 N–H and O–H groups in total. The minimum atomic E-state index is -0.855. The van der Waals surface area contributed by atoms with E-state index in [1.165, 1.54) is 0 Å². The van der Waals surface area contributed by atoms with Crippen LogP contribution >= 0.6 is 0 Å². The molecule has 0 aliphatic carbocycles. The summed E-state index contributed by atoms with van der Waals surface area (Å²) in [5, 5.41) is 20.3. The summed E-state index contributed by atoms with van der Waals surface area (Å²) in [5.41, 5.74) is 0. The summed E-state index contributed by atoms with van der Waals surface area (Å²) in [7, 11) is 0. The molecule has 112 valence electrons. The molecular weight excluding hydrogens is 248 g/mol. The molecule has 0 aromatic carbocycles. The summed E-state index contributed by atoms with van der Waals surface area (Å²) in [6.07, 6.45) is 3.64. The van der Waals surface area contributed by atoms with Crippen LogP contribution in [0, 0.1) is 0 Å². The zero-order valence-electron chi connectivity index (χ0n) is 11.7. The van der Waals surface area contributed by atoms with Gasteiger partial charge < -0.3 is 15.5 Å². The largest absolute Gasteiger partial charge is 0.481 e. The number of carboxylic acid groups (broad SMARTS) is 1. The molecule has 0 unspecified atom stereocenters. The Balaban J connectivity index is 3.72. The lowest BCUT2D eigenvalue weighted by atomic mass is 10.2. The smallest absolute Gasteiger partial charge is 0.304 e. The number of unbranched alkanes of at least 4 members (excludes halogenated alkanes) is 2. The van der Waals surface area contributed by atoms with Crippen molar-refractivity contribution in [3.63, 3.8) is 0 Å². The lowest BCUT2D eigenvalue weighted by Crippen LogP contribution is -2.37. The zero-order valence-corrected chi connectivity index (χ0v) is 11.7. The number of hydrogen-bond acceptors (Lipinski definition) is 4. The normalized spacial score (nSPS) is 10.7. The maximum absolute atomic E-state index is 11.5. The first kappa shape index (κ1) is 17.9. The number of nitrogens with zero attached hydrogens (tertiary/aromatic N) is 1. The van der Waals surface area contributed by atoms with E-state index in [1.54, 1.807) is 0 Å². The van der Waals surface area contributed by atoms with Crippen molar-refractivity contribution in [2.24, 2.45) is 0 Å². The molecule has 0 spiro atoms. The second-order valence-electron chi connectivity index (χ2n) is 4.52. The Labute approximate surface area is 114 Å². The molecule has 0 atom stereocenters. The van der Waals surface area contributed by atoms with Crippen molar-refractivity contribution >= 4 is 11.9 Å². The van der Waals surface area contributed by atoms with E-state index in [0.717, 1.165) is 19.3 Å². The highest BCUT2D eigenvalue weighted by molar-refractivity contribution is 5.75. The number of hydrogen-bond donors (Lipinski definition) is 3. The first-order valence-electron chi connectivity index (χ1n) is 6.91. The molecular formula is C13H26N2O4. The number of rotatable bonds is 12. The summed E-state index contributed by atoms with van der Waals surface area (Å²) in [6, 6.07) is 0. The van der Waals surface area contributed by atoms with Crippen molar-refractivity contribution in [1.82, 2.24) is 10.2 Å². The number of amides is 1. The lowest BCUT2D eigenvalue weighted by molar-refractivity contribution is -0.137. The van der Waals surface area contributed by atoms with Crippen LogP contribution in [0.2, 0.25) is 0 Å². The van der Waals surface area contributed by atoms with Crippen LogP contribution in [0.4, 0.5) is 0 Å². The number of aliphatic carboxylic acids is 1. The third-order valence-electron chi connectivity index (χ3n) is 2.82. The summed E-state index contributed by atoms with van der Waals surface area (Å²) in [5.74, 6) is -0.817. The Morgan fingerprint density at radius 3 is 2.42 bits per heavy atom. The molecule has 0 aliphatic heterocycles. The molecule has 0 saturated carbocycles. The fraction of sp³-hybridized carbons (Fsp3) is 0.846. The minimum absolute atomic E-state index is 0.00986. The minimum Gasteiger partial charge on any atom is -0.481 e. The molecule has 0 radical (unpaired) electrons. The van der Waals surface area contributed by atoms with Gasteiger partial charge in [-0.25, -0.2) is 0 Å². The fourth-order valence-corrected chi connectivity index (χ4v) is 1.71. The molecule has 0 aromatic rings. The number of carbonyl (C=O) groups is 2. The maximum atomic E-state index is 11.5. The van der Waals surface area contributed by atoms with Gasteiger partial charge in [0.05, 0.1) is 13.0 Å². The van der Waals surface area contributed by atoms with Crippen molar-refractivity contribution in [2.45, 2.75) is 39.0 Å². The number of aliphatic hydroxyl groups excluding tert-OH is 1. The second-order valence-corrected chi connectivity index (χ2v) is 4.52. The first-order chi connectivity index (χ1) is 9.10. The van der Waals surface area contributed by atoms with Crippen molar-refractivity contribution in [3.05, 3.63) is 0 Å². The first-order valence-corrected chi connectivity index (χ1v) is 6.91. The van der Waals surface area contributed by atoms with Crippen LogP contribution < -0.4 is 5.32 Å². The lowest BCUT2D eigenvalue weighted by Gasteiger charge is -2.20. The second kappa shape index (κ2) is 11.9. The summed E-state index contributed by atoms with van der Waals surface area (Å²) in [4.78, 5) is 23.8. The Bertz CT molecular complexity index is 259. The van der Waals surface area contributed by atoms with E-state index in [9.17, 15) is 9.59 Å². The highest BCUT2D eigenvalue weighted by Crippen LogP contribution is 1.98. The van der Waals surface area contributed by atoms with Crippen LogP contribution in [0.3, 0.4) is 0 Å². The van der Waals surface area contributed by atoms with Crippen LogP contribution in [-0.4, -0.2) is 59.8 Å². The average molecular weight is 274 g/mol. The zero-order chi connectivity index (χ0) is 14.5. The van der Waals surface area contributed by atoms with Crippen molar-refractivity contribution in [1.29, 1.82) is 0 Å². The van der Waals surface area contributed by atoms with Gasteiger partial charge in [0, 0.05) is 32.6 Å². The highest BCUT2D eigenvalue weighted by Gasteiger charge is 2.07. The van der Waals surface area contributed by atoms with Crippen LogP contribution in [0.1, 0.15) is 39.0 Å². The van der Waals surface area contributed by atoms with E-state index >= 15 is 0 Å². The average Bonchev–Trinajstić information content (AvgIpc) is 2.36. The van der Waals surface area contributed by atoms with Gasteiger partial charge in [0.2, 0.25) is 5.91 Å². The van der Waals surface area contributed by atoms with Gasteiger partial charge in [-0.15, -0.1) is 0 Å². The molecule has 6 nitrogen and oxygen atoms in total. The maximum Gasteiger partial charge on any atom is 0.304 e. The third-order valence-corrected chi connectivity index (χ3v) is 2.82. The molecule has 6 heteroatoms. The molecule has 0 saturated heterocycles. The van der Waals surface area contributed by atoms with E-state index in [4.69, 9.17) is 10.2 Å². The van der Waals surface area contributed by atoms with E-state index in [0.29, 0.717) is 32.6 Å². The van der Waals surface area contributed by atoms with Gasteiger partial charge >= 0.3 is 5.97 Å². The Kier molecular flexibility index (Phi) is 11.2. The molecule has 0 aliphatic rings. The number of carboxylic acids is 1. The van der Waals surface area contributed by atoms with Gasteiger partial charge in [-0.05, 0) is 6.42 Å². The number of carbonyl (C=O) groups excluding carboxylic acids is 1. The van der Waals surface area contributed by atoms with Crippen molar-refractivity contribution < 1.29 is 19.8 Å². The highest BCUT2D eigenvalue weighted by atomic mass is 16.4. The topological polar surface area (TPSA) is 89.9 Å². The van der Waals surface area contributed by atoms with Gasteiger partial charge in [0.25, 0.3) is 0 Å². The van der Waals surface area contributed by atoms with Gasteiger partial charge in [0.15, 0.2) is 0 Å². The van der Waals surface area contributed by atoms with Crippen LogP contribution in [0.5, 0.6) is 0 Å². The standard InChI is InChI=1S/C13H26N2O4/c1-2-3-4-5-12(17)14-7-9-15(10-11-16)8-6-13(18)19/h16H,2-11H2,1H3,(H,14,17)(H,18,19). The molecule has 19 heavy (non-hydrogen) atoms. The van der Waals surface area contributed by atoms with Gasteiger partial charge in [0.1, 0.15) is 0 Å². The summed E-state index contributed by atoms with van der Waals surface area (Å²) < 4.78 is 0. The third kappa shape index (κ3) is 11.7. The monoisotopic (exact) mass is 274 g/mol. The quantitative estimate of drug-likeness (QED) is 0.450. The van der Waals surface area contributed by atoms with E-state index < -0.39 is 5.97 Å². The van der Waals surface area contributed by atoms with Crippen molar-refractivity contribution in [2.75, 3.05) is 32.8 Å². The Morgan fingerprint density at radius 2 is 1.84 bits per heavy atom. The number of nitrogens with one attached hydrogen (secondary N) is 1.